The first-order valence-corrected chi connectivity index (χ1v) is 6.47. The molecule has 0 radical (unpaired) electrons. The van der Waals surface area contributed by atoms with E-state index in [1.165, 1.54) is 12.1 Å². The fraction of sp³-hybridized carbons (Fsp3) is 0.294. The lowest BCUT2D eigenvalue weighted by molar-refractivity contribution is 0.178. The van der Waals surface area contributed by atoms with Gasteiger partial charge in [0, 0.05) is 6.42 Å². The molecule has 1 nitrogen and oxygen atoms in total. The van der Waals surface area contributed by atoms with Crippen molar-refractivity contribution in [2.75, 3.05) is 0 Å². The summed E-state index contributed by atoms with van der Waals surface area (Å²) < 4.78 is 13.2. The first-order chi connectivity index (χ1) is 8.95. The van der Waals surface area contributed by atoms with E-state index >= 15 is 0 Å². The summed E-state index contributed by atoms with van der Waals surface area (Å²) in [4.78, 5) is 0. The van der Waals surface area contributed by atoms with E-state index in [1.807, 2.05) is 32.9 Å². The van der Waals surface area contributed by atoms with Crippen LogP contribution in [0.1, 0.15) is 33.9 Å². The second-order valence-electron chi connectivity index (χ2n) is 5.21. The SMILES string of the molecule is Cc1cc(C)cc(C(O)Cc2cc(F)ccc2C)c1. The Bertz CT molecular complexity index is 570. The van der Waals surface area contributed by atoms with Crippen LogP contribution in [0.25, 0.3) is 0 Å². The van der Waals surface area contributed by atoms with Gasteiger partial charge in [-0.2, -0.15) is 0 Å². The van der Waals surface area contributed by atoms with Crippen molar-refractivity contribution in [3.8, 4) is 0 Å². The Kier molecular flexibility index (Phi) is 4.01. The fourth-order valence-electron chi connectivity index (χ4n) is 2.39. The van der Waals surface area contributed by atoms with E-state index in [0.29, 0.717) is 6.42 Å². The largest absolute Gasteiger partial charge is 0.388 e. The third kappa shape index (κ3) is 3.42. The van der Waals surface area contributed by atoms with Gasteiger partial charge in [0.15, 0.2) is 0 Å². The van der Waals surface area contributed by atoms with Crippen molar-refractivity contribution < 1.29 is 9.50 Å². The summed E-state index contributed by atoms with van der Waals surface area (Å²) in [5, 5.41) is 10.3. The molecule has 19 heavy (non-hydrogen) atoms. The molecule has 0 aromatic heterocycles. The Labute approximate surface area is 113 Å². The maximum Gasteiger partial charge on any atom is 0.123 e. The zero-order chi connectivity index (χ0) is 14.0. The molecule has 0 spiro atoms. The van der Waals surface area contributed by atoms with Crippen LogP contribution in [0.5, 0.6) is 0 Å². The minimum absolute atomic E-state index is 0.256. The van der Waals surface area contributed by atoms with Gasteiger partial charge in [0.05, 0.1) is 6.10 Å². The highest BCUT2D eigenvalue weighted by molar-refractivity contribution is 5.33. The number of benzene rings is 2. The highest BCUT2D eigenvalue weighted by Gasteiger charge is 2.11. The van der Waals surface area contributed by atoms with Crippen LogP contribution in [0.15, 0.2) is 36.4 Å². The van der Waals surface area contributed by atoms with E-state index in [-0.39, 0.29) is 5.82 Å². The molecule has 2 heteroatoms. The topological polar surface area (TPSA) is 20.2 Å². The van der Waals surface area contributed by atoms with Gasteiger partial charge in [0.1, 0.15) is 5.82 Å². The van der Waals surface area contributed by atoms with Crippen molar-refractivity contribution >= 4 is 0 Å². The Morgan fingerprint density at radius 1 is 1.00 bits per heavy atom. The van der Waals surface area contributed by atoms with Gasteiger partial charge in [-0.05, 0) is 49.6 Å². The van der Waals surface area contributed by atoms with Gasteiger partial charge in [-0.3, -0.25) is 0 Å². The molecule has 1 N–H and O–H groups in total. The molecule has 0 aliphatic carbocycles. The van der Waals surface area contributed by atoms with Gasteiger partial charge in [0.2, 0.25) is 0 Å². The van der Waals surface area contributed by atoms with Crippen molar-refractivity contribution in [2.45, 2.75) is 33.3 Å². The molecular weight excluding hydrogens is 239 g/mol. The maximum absolute atomic E-state index is 13.2. The molecule has 0 saturated carbocycles. The van der Waals surface area contributed by atoms with Gasteiger partial charge < -0.3 is 5.11 Å². The molecule has 2 aromatic carbocycles. The fourth-order valence-corrected chi connectivity index (χ4v) is 2.39. The average molecular weight is 258 g/mol. The number of aliphatic hydroxyl groups excluding tert-OH is 1. The number of hydrogen-bond acceptors (Lipinski definition) is 1. The molecule has 0 saturated heterocycles. The Balaban J connectivity index is 2.25. The number of halogens is 1. The summed E-state index contributed by atoms with van der Waals surface area (Å²) in [5.74, 6) is -0.256. The Morgan fingerprint density at radius 2 is 1.63 bits per heavy atom. The van der Waals surface area contributed by atoms with Gasteiger partial charge >= 0.3 is 0 Å². The molecule has 2 aromatic rings. The summed E-state index contributed by atoms with van der Waals surface area (Å²) in [5.41, 5.74) is 5.01. The van der Waals surface area contributed by atoms with Crippen LogP contribution in [0.3, 0.4) is 0 Å². The summed E-state index contributed by atoms with van der Waals surface area (Å²) in [7, 11) is 0. The van der Waals surface area contributed by atoms with Gasteiger partial charge in [-0.25, -0.2) is 4.39 Å². The van der Waals surface area contributed by atoms with Gasteiger partial charge in [0.25, 0.3) is 0 Å². The minimum atomic E-state index is -0.598. The summed E-state index contributed by atoms with van der Waals surface area (Å²) >= 11 is 0. The van der Waals surface area contributed by atoms with Gasteiger partial charge in [-0.15, -0.1) is 0 Å². The third-order valence-electron chi connectivity index (χ3n) is 3.35. The van der Waals surface area contributed by atoms with Crippen LogP contribution < -0.4 is 0 Å². The quantitative estimate of drug-likeness (QED) is 0.881. The molecule has 0 fully saturated rings. The van der Waals surface area contributed by atoms with E-state index in [0.717, 1.165) is 27.8 Å². The molecule has 1 unspecified atom stereocenters. The predicted molar refractivity (Wildman–Crippen MR) is 75.7 cm³/mol. The molecular formula is C17H19FO. The Hall–Kier alpha value is -1.67. The van der Waals surface area contributed by atoms with Crippen LogP contribution in [0.4, 0.5) is 4.39 Å². The van der Waals surface area contributed by atoms with E-state index in [4.69, 9.17) is 0 Å². The first-order valence-electron chi connectivity index (χ1n) is 6.47. The molecule has 2 rings (SSSR count). The summed E-state index contributed by atoms with van der Waals surface area (Å²) in [6, 6.07) is 10.7. The lowest BCUT2D eigenvalue weighted by Crippen LogP contribution is -2.04. The van der Waals surface area contributed by atoms with Crippen LogP contribution in [0, 0.1) is 26.6 Å². The van der Waals surface area contributed by atoms with Crippen LogP contribution in [-0.4, -0.2) is 5.11 Å². The smallest absolute Gasteiger partial charge is 0.123 e. The second kappa shape index (κ2) is 5.54. The molecule has 100 valence electrons. The lowest BCUT2D eigenvalue weighted by atomic mass is 9.96. The predicted octanol–water partition coefficient (Wildman–Crippen LogP) is 4.03. The van der Waals surface area contributed by atoms with Crippen LogP contribution >= 0.6 is 0 Å². The number of hydrogen-bond donors (Lipinski definition) is 1. The first kappa shape index (κ1) is 13.8. The second-order valence-corrected chi connectivity index (χ2v) is 5.21. The highest BCUT2D eigenvalue weighted by atomic mass is 19.1. The van der Waals surface area contributed by atoms with Crippen molar-refractivity contribution in [1.82, 2.24) is 0 Å². The highest BCUT2D eigenvalue weighted by Crippen LogP contribution is 2.23. The number of rotatable bonds is 3. The monoisotopic (exact) mass is 258 g/mol. The van der Waals surface area contributed by atoms with E-state index in [2.05, 4.69) is 6.07 Å². The summed E-state index contributed by atoms with van der Waals surface area (Å²) in [6.45, 7) is 5.95. The maximum atomic E-state index is 13.2. The molecule has 0 bridgehead atoms. The van der Waals surface area contributed by atoms with Crippen molar-refractivity contribution in [3.05, 3.63) is 70.0 Å². The van der Waals surface area contributed by atoms with Crippen LogP contribution in [-0.2, 0) is 6.42 Å². The minimum Gasteiger partial charge on any atom is -0.388 e. The number of aliphatic hydroxyl groups is 1. The molecule has 0 heterocycles. The third-order valence-corrected chi connectivity index (χ3v) is 3.35. The Morgan fingerprint density at radius 3 is 2.26 bits per heavy atom. The molecule has 0 amide bonds. The lowest BCUT2D eigenvalue weighted by Gasteiger charge is -2.14. The molecule has 0 aliphatic heterocycles. The van der Waals surface area contributed by atoms with Gasteiger partial charge in [-0.1, -0.05) is 35.4 Å². The normalized spacial score (nSPS) is 12.5. The number of aryl methyl sites for hydroxylation is 3. The van der Waals surface area contributed by atoms with E-state index in [9.17, 15) is 9.50 Å². The average Bonchev–Trinajstić information content (AvgIpc) is 2.32. The van der Waals surface area contributed by atoms with Crippen molar-refractivity contribution in [1.29, 1.82) is 0 Å². The zero-order valence-electron chi connectivity index (χ0n) is 11.6. The molecule has 1 atom stereocenters. The van der Waals surface area contributed by atoms with E-state index < -0.39 is 6.10 Å². The van der Waals surface area contributed by atoms with Crippen molar-refractivity contribution in [3.63, 3.8) is 0 Å². The summed E-state index contributed by atoms with van der Waals surface area (Å²) in [6.07, 6.45) is -0.161. The zero-order valence-corrected chi connectivity index (χ0v) is 11.6. The van der Waals surface area contributed by atoms with Crippen LogP contribution in [0.2, 0.25) is 0 Å². The van der Waals surface area contributed by atoms with E-state index in [1.54, 1.807) is 6.07 Å². The van der Waals surface area contributed by atoms with Crippen molar-refractivity contribution in [2.24, 2.45) is 0 Å². The molecule has 0 aliphatic rings. The standard InChI is InChI=1S/C17H19FO/c1-11-6-12(2)8-15(7-11)17(19)10-14-9-16(18)5-4-13(14)3/h4-9,17,19H,10H2,1-3H3.